The predicted molar refractivity (Wildman–Crippen MR) is 108 cm³/mol. The summed E-state index contributed by atoms with van der Waals surface area (Å²) in [6, 6.07) is 11.3. The van der Waals surface area contributed by atoms with Gasteiger partial charge in [-0.25, -0.2) is 4.98 Å². The van der Waals surface area contributed by atoms with Crippen LogP contribution in [0.15, 0.2) is 40.9 Å². The Morgan fingerprint density at radius 3 is 2.74 bits per heavy atom. The van der Waals surface area contributed by atoms with E-state index in [0.29, 0.717) is 22.2 Å². The van der Waals surface area contributed by atoms with Gasteiger partial charge in [-0.15, -0.1) is 10.2 Å². The van der Waals surface area contributed by atoms with Gasteiger partial charge in [0.15, 0.2) is 17.8 Å². The molecule has 0 spiro atoms. The van der Waals surface area contributed by atoms with E-state index >= 15 is 0 Å². The monoisotopic (exact) mass is 446 g/mol. The van der Waals surface area contributed by atoms with Crippen LogP contribution in [0.3, 0.4) is 0 Å². The second-order valence-electron chi connectivity index (χ2n) is 6.08. The molecule has 1 atom stereocenters. The first-order valence-electron chi connectivity index (χ1n) is 8.28. The van der Waals surface area contributed by atoms with E-state index in [1.807, 2.05) is 42.5 Å². The van der Waals surface area contributed by atoms with Crippen LogP contribution in [0.4, 0.5) is 0 Å². The maximum atomic E-state index is 6.49. The first kappa shape index (κ1) is 18.2. The molecule has 0 bridgehead atoms. The van der Waals surface area contributed by atoms with Gasteiger partial charge in [-0.3, -0.25) is 4.40 Å². The fourth-order valence-electron chi connectivity index (χ4n) is 2.91. The lowest BCUT2D eigenvalue weighted by Gasteiger charge is -2.14. The minimum Gasteiger partial charge on any atom is -0.465 e. The number of nitrogens with zero attached hydrogens (tertiary/aromatic N) is 4. The zero-order valence-corrected chi connectivity index (χ0v) is 17.2. The molecule has 0 aliphatic carbocycles. The molecule has 138 valence electrons. The Balaban J connectivity index is 1.98. The first-order valence-corrected chi connectivity index (χ1v) is 9.45. The quantitative estimate of drug-likeness (QED) is 0.410. The SMILES string of the molecule is COC(C)Oc1ccc(Cl)c(-c2nnc3c(C)nc4ccc(Br)cc4n23)c1. The molecule has 0 aliphatic rings. The standard InChI is InChI=1S/C19H16BrClN4O2/c1-10-18-23-24-19(25(18)17-8-12(20)4-7-16(17)22-10)14-9-13(5-6-15(14)21)27-11(2)26-3/h4-9,11H,1-3H3. The number of hydrogen-bond donors (Lipinski definition) is 0. The van der Waals surface area contributed by atoms with Gasteiger partial charge in [0.05, 0.1) is 21.7 Å². The Hall–Kier alpha value is -2.22. The van der Waals surface area contributed by atoms with Crippen LogP contribution in [-0.2, 0) is 4.74 Å². The van der Waals surface area contributed by atoms with Gasteiger partial charge in [0.1, 0.15) is 5.75 Å². The summed E-state index contributed by atoms with van der Waals surface area (Å²) >= 11 is 10.0. The predicted octanol–water partition coefficient (Wildman–Crippen LogP) is 5.04. The number of benzene rings is 2. The zero-order valence-electron chi connectivity index (χ0n) is 14.9. The summed E-state index contributed by atoms with van der Waals surface area (Å²) < 4.78 is 13.8. The summed E-state index contributed by atoms with van der Waals surface area (Å²) in [5.74, 6) is 1.26. The molecule has 0 fully saturated rings. The average molecular weight is 448 g/mol. The third-order valence-corrected chi connectivity index (χ3v) is 5.09. The summed E-state index contributed by atoms with van der Waals surface area (Å²) in [6.07, 6.45) is -0.377. The van der Waals surface area contributed by atoms with Gasteiger partial charge < -0.3 is 9.47 Å². The van der Waals surface area contributed by atoms with E-state index < -0.39 is 0 Å². The summed E-state index contributed by atoms with van der Waals surface area (Å²) in [5.41, 5.74) is 3.93. The topological polar surface area (TPSA) is 61.5 Å². The van der Waals surface area contributed by atoms with Crippen LogP contribution in [0.1, 0.15) is 12.6 Å². The van der Waals surface area contributed by atoms with Crippen LogP contribution in [-0.4, -0.2) is 33.0 Å². The molecule has 8 heteroatoms. The smallest absolute Gasteiger partial charge is 0.196 e. The Kier molecular flexibility index (Phi) is 4.75. The van der Waals surface area contributed by atoms with Crippen molar-refractivity contribution in [3.63, 3.8) is 0 Å². The zero-order chi connectivity index (χ0) is 19.1. The number of methoxy groups -OCH3 is 1. The molecule has 0 N–H and O–H groups in total. The molecule has 4 rings (SSSR count). The molecule has 1 unspecified atom stereocenters. The van der Waals surface area contributed by atoms with Crippen molar-refractivity contribution < 1.29 is 9.47 Å². The Bertz CT molecular complexity index is 1160. The van der Waals surface area contributed by atoms with Crippen LogP contribution < -0.4 is 4.74 Å². The summed E-state index contributed by atoms with van der Waals surface area (Å²) in [4.78, 5) is 4.62. The van der Waals surface area contributed by atoms with E-state index in [4.69, 9.17) is 21.1 Å². The molecule has 0 saturated heterocycles. The number of aromatic nitrogens is 4. The number of hydrogen-bond acceptors (Lipinski definition) is 5. The molecule has 2 aromatic carbocycles. The van der Waals surface area contributed by atoms with Crippen LogP contribution >= 0.6 is 27.5 Å². The first-order chi connectivity index (χ1) is 13.0. The molecule has 6 nitrogen and oxygen atoms in total. The molecular weight excluding hydrogens is 432 g/mol. The molecule has 0 amide bonds. The highest BCUT2D eigenvalue weighted by molar-refractivity contribution is 9.10. The lowest BCUT2D eigenvalue weighted by atomic mass is 10.2. The second kappa shape index (κ2) is 7.07. The Labute approximate surface area is 169 Å². The minimum absolute atomic E-state index is 0.377. The summed E-state index contributed by atoms with van der Waals surface area (Å²) in [5, 5.41) is 9.28. The third-order valence-electron chi connectivity index (χ3n) is 4.27. The van der Waals surface area contributed by atoms with Crippen LogP contribution in [0.25, 0.3) is 28.1 Å². The van der Waals surface area contributed by atoms with Crippen molar-refractivity contribution in [3.05, 3.63) is 51.6 Å². The van der Waals surface area contributed by atoms with E-state index in [1.165, 1.54) is 0 Å². The van der Waals surface area contributed by atoms with Crippen molar-refractivity contribution in [1.82, 2.24) is 19.6 Å². The van der Waals surface area contributed by atoms with E-state index in [-0.39, 0.29) is 6.29 Å². The highest BCUT2D eigenvalue weighted by Gasteiger charge is 2.18. The largest absolute Gasteiger partial charge is 0.465 e. The van der Waals surface area contributed by atoms with E-state index in [1.54, 1.807) is 19.2 Å². The number of rotatable bonds is 4. The van der Waals surface area contributed by atoms with Crippen molar-refractivity contribution in [2.75, 3.05) is 7.11 Å². The number of fused-ring (bicyclic) bond motifs is 3. The van der Waals surface area contributed by atoms with Gasteiger partial charge in [-0.1, -0.05) is 27.5 Å². The van der Waals surface area contributed by atoms with Gasteiger partial charge in [0, 0.05) is 17.1 Å². The Morgan fingerprint density at radius 1 is 1.15 bits per heavy atom. The summed E-state index contributed by atoms with van der Waals surface area (Å²) in [7, 11) is 1.59. The lowest BCUT2D eigenvalue weighted by Crippen LogP contribution is -2.13. The molecule has 0 aliphatic heterocycles. The highest BCUT2D eigenvalue weighted by atomic mass is 79.9. The van der Waals surface area contributed by atoms with Crippen molar-refractivity contribution in [2.45, 2.75) is 20.1 Å². The van der Waals surface area contributed by atoms with Crippen molar-refractivity contribution in [1.29, 1.82) is 0 Å². The Morgan fingerprint density at radius 2 is 1.96 bits per heavy atom. The number of ether oxygens (including phenoxy) is 2. The van der Waals surface area contributed by atoms with Crippen molar-refractivity contribution >= 4 is 44.2 Å². The highest BCUT2D eigenvalue weighted by Crippen LogP contribution is 2.33. The molecule has 0 radical (unpaired) electrons. The lowest BCUT2D eigenvalue weighted by molar-refractivity contribution is -0.0382. The van der Waals surface area contributed by atoms with Crippen molar-refractivity contribution in [2.24, 2.45) is 0 Å². The third kappa shape index (κ3) is 3.26. The normalized spacial score (nSPS) is 12.6. The van der Waals surface area contributed by atoms with Crippen LogP contribution in [0.2, 0.25) is 5.02 Å². The molecule has 2 heterocycles. The van der Waals surface area contributed by atoms with Gasteiger partial charge in [0.2, 0.25) is 0 Å². The van der Waals surface area contributed by atoms with Gasteiger partial charge in [-0.2, -0.15) is 0 Å². The second-order valence-corrected chi connectivity index (χ2v) is 7.40. The van der Waals surface area contributed by atoms with Gasteiger partial charge in [-0.05, 0) is 50.2 Å². The maximum Gasteiger partial charge on any atom is 0.196 e. The minimum atomic E-state index is -0.377. The van der Waals surface area contributed by atoms with E-state index in [9.17, 15) is 0 Å². The van der Waals surface area contributed by atoms with E-state index in [2.05, 4.69) is 31.1 Å². The fourth-order valence-corrected chi connectivity index (χ4v) is 3.46. The molecule has 27 heavy (non-hydrogen) atoms. The molecule has 0 saturated carbocycles. The molecular formula is C19H16BrClN4O2. The number of aryl methyl sites for hydroxylation is 1. The average Bonchev–Trinajstić information content (AvgIpc) is 3.10. The van der Waals surface area contributed by atoms with Crippen molar-refractivity contribution in [3.8, 4) is 17.1 Å². The summed E-state index contributed by atoms with van der Waals surface area (Å²) in [6.45, 7) is 3.73. The van der Waals surface area contributed by atoms with Gasteiger partial charge in [0.25, 0.3) is 0 Å². The van der Waals surface area contributed by atoms with Crippen LogP contribution in [0, 0.1) is 6.92 Å². The maximum absolute atomic E-state index is 6.49. The molecule has 4 aromatic rings. The van der Waals surface area contributed by atoms with Crippen LogP contribution in [0.5, 0.6) is 5.75 Å². The fraction of sp³-hybridized carbons (Fsp3) is 0.211. The van der Waals surface area contributed by atoms with E-state index in [0.717, 1.165) is 26.8 Å². The number of halogens is 2. The van der Waals surface area contributed by atoms with Gasteiger partial charge >= 0.3 is 0 Å². The molecule has 2 aromatic heterocycles.